The molecule has 29 heavy (non-hydrogen) atoms. The summed E-state index contributed by atoms with van der Waals surface area (Å²) in [5, 5.41) is 6.65. The maximum atomic E-state index is 13.6. The molecular formula is C22H17N5O2. The summed E-state index contributed by atoms with van der Waals surface area (Å²) in [6.45, 7) is 2.40. The van der Waals surface area contributed by atoms with Gasteiger partial charge in [0.15, 0.2) is 5.78 Å². The molecule has 0 fully saturated rings. The van der Waals surface area contributed by atoms with E-state index in [1.807, 2.05) is 49.4 Å². The van der Waals surface area contributed by atoms with Gasteiger partial charge in [0.25, 0.3) is 5.56 Å². The number of rotatable bonds is 0. The highest BCUT2D eigenvalue weighted by Crippen LogP contribution is 2.55. The first-order chi connectivity index (χ1) is 14.0. The monoisotopic (exact) mass is 383 g/mol. The van der Waals surface area contributed by atoms with E-state index in [2.05, 4.69) is 20.6 Å². The molecule has 0 saturated carbocycles. The predicted octanol–water partition coefficient (Wildman–Crippen LogP) is 2.41. The van der Waals surface area contributed by atoms with Gasteiger partial charge in [0.2, 0.25) is 5.95 Å². The lowest BCUT2D eigenvalue weighted by Gasteiger charge is -2.36. The van der Waals surface area contributed by atoms with Crippen molar-refractivity contribution in [2.45, 2.75) is 12.3 Å². The van der Waals surface area contributed by atoms with Gasteiger partial charge in [-0.1, -0.05) is 42.0 Å². The molecule has 7 nitrogen and oxygen atoms in total. The fourth-order valence-electron chi connectivity index (χ4n) is 4.97. The van der Waals surface area contributed by atoms with Crippen LogP contribution in [0.5, 0.6) is 0 Å². The number of hydrogen-bond acceptors (Lipinski definition) is 6. The molecule has 3 aromatic rings. The van der Waals surface area contributed by atoms with Gasteiger partial charge >= 0.3 is 0 Å². The van der Waals surface area contributed by atoms with Crippen molar-refractivity contribution in [1.82, 2.24) is 9.97 Å². The van der Waals surface area contributed by atoms with Crippen LogP contribution in [0, 0.1) is 6.92 Å². The highest BCUT2D eigenvalue weighted by molar-refractivity contribution is 6.25. The van der Waals surface area contributed by atoms with Gasteiger partial charge in [-0.2, -0.15) is 4.98 Å². The molecule has 1 unspecified atom stereocenters. The number of H-pyrrole nitrogens is 1. The highest BCUT2D eigenvalue weighted by atomic mass is 16.1. The average Bonchev–Trinajstić information content (AvgIpc) is 3.19. The number of fused-ring (bicyclic) bond motifs is 7. The molecular weight excluding hydrogens is 366 g/mol. The first kappa shape index (κ1) is 16.1. The fraction of sp³-hybridized carbons (Fsp3) is 0.136. The Morgan fingerprint density at radius 2 is 1.90 bits per heavy atom. The first-order valence-corrected chi connectivity index (χ1v) is 9.42. The number of anilines is 3. The van der Waals surface area contributed by atoms with Crippen LogP contribution in [0.25, 0.3) is 5.70 Å². The Morgan fingerprint density at radius 1 is 1.10 bits per heavy atom. The van der Waals surface area contributed by atoms with Crippen molar-refractivity contribution in [1.29, 1.82) is 0 Å². The summed E-state index contributed by atoms with van der Waals surface area (Å²) in [7, 11) is 0. The minimum absolute atomic E-state index is 0.0356. The van der Waals surface area contributed by atoms with Gasteiger partial charge in [0.05, 0.1) is 16.7 Å². The van der Waals surface area contributed by atoms with Gasteiger partial charge < -0.3 is 16.4 Å². The standard InChI is InChI=1S/C22H17N5O2/c1-10-6-7-14-13(8-10)22(9-24-14)15-17(11-4-2-3-5-12(11)18(15)28)25-19-16(22)20(29)27-21(23)26-19/h2-8,24H,9H2,1H3,(H4,23,25,26,27,29). The van der Waals surface area contributed by atoms with E-state index in [0.717, 1.165) is 22.4 Å². The summed E-state index contributed by atoms with van der Waals surface area (Å²) in [6.07, 6.45) is 0. The molecule has 7 heteroatoms. The number of nitrogens with one attached hydrogen (secondary N) is 3. The number of aryl methyl sites for hydroxylation is 1. The molecule has 0 amide bonds. The van der Waals surface area contributed by atoms with Gasteiger partial charge in [-0.05, 0) is 18.6 Å². The Morgan fingerprint density at radius 3 is 2.72 bits per heavy atom. The Bertz CT molecular complexity index is 1350. The van der Waals surface area contributed by atoms with Crippen LogP contribution in [0.1, 0.15) is 32.6 Å². The Kier molecular flexibility index (Phi) is 2.86. The number of nitrogen functional groups attached to an aromatic ring is 1. The summed E-state index contributed by atoms with van der Waals surface area (Å²) in [5.41, 5.74) is 10.6. The topological polar surface area (TPSA) is 113 Å². The molecule has 2 aromatic carbocycles. The molecule has 142 valence electrons. The molecule has 6 rings (SSSR count). The van der Waals surface area contributed by atoms with E-state index in [-0.39, 0.29) is 17.3 Å². The number of aromatic amines is 1. The Hall–Kier alpha value is -3.87. The molecule has 1 atom stereocenters. The van der Waals surface area contributed by atoms with Crippen molar-refractivity contribution in [3.63, 3.8) is 0 Å². The quantitative estimate of drug-likeness (QED) is 0.474. The fourth-order valence-corrected chi connectivity index (χ4v) is 4.97. The average molecular weight is 383 g/mol. The molecule has 5 N–H and O–H groups in total. The molecule has 1 spiro atoms. The van der Waals surface area contributed by atoms with Crippen LogP contribution in [0.3, 0.4) is 0 Å². The SMILES string of the molecule is Cc1ccc2c(c1)C1(CN2)C2=C(Nc3nc(N)[nH]c(=O)c31)c1ccccc1C2=O. The highest BCUT2D eigenvalue weighted by Gasteiger charge is 2.55. The van der Waals surface area contributed by atoms with Gasteiger partial charge in [0, 0.05) is 28.9 Å². The molecule has 0 saturated heterocycles. The molecule has 1 aliphatic carbocycles. The van der Waals surface area contributed by atoms with E-state index in [1.54, 1.807) is 0 Å². The van der Waals surface area contributed by atoms with Crippen molar-refractivity contribution in [3.05, 3.63) is 86.2 Å². The van der Waals surface area contributed by atoms with Crippen LogP contribution < -0.4 is 21.9 Å². The summed E-state index contributed by atoms with van der Waals surface area (Å²) in [4.78, 5) is 33.7. The van der Waals surface area contributed by atoms with Gasteiger partial charge in [-0.15, -0.1) is 0 Å². The summed E-state index contributed by atoms with van der Waals surface area (Å²) in [6, 6.07) is 13.5. The maximum Gasteiger partial charge on any atom is 0.258 e. The van der Waals surface area contributed by atoms with Gasteiger partial charge in [-0.3, -0.25) is 14.6 Å². The van der Waals surface area contributed by atoms with E-state index in [1.165, 1.54) is 0 Å². The molecule has 3 aliphatic rings. The van der Waals surface area contributed by atoms with E-state index in [0.29, 0.717) is 34.8 Å². The van der Waals surface area contributed by atoms with Gasteiger partial charge in [0.1, 0.15) is 5.82 Å². The maximum absolute atomic E-state index is 13.6. The van der Waals surface area contributed by atoms with E-state index in [9.17, 15) is 9.59 Å². The summed E-state index contributed by atoms with van der Waals surface area (Å²) >= 11 is 0. The number of carbonyl (C=O) groups excluding carboxylic acids is 1. The lowest BCUT2D eigenvalue weighted by atomic mass is 9.67. The number of carbonyl (C=O) groups is 1. The molecule has 3 heterocycles. The molecule has 0 radical (unpaired) electrons. The van der Waals surface area contributed by atoms with Crippen LogP contribution in [-0.2, 0) is 5.41 Å². The predicted molar refractivity (Wildman–Crippen MR) is 111 cm³/mol. The lowest BCUT2D eigenvalue weighted by Crippen LogP contribution is -2.44. The smallest absolute Gasteiger partial charge is 0.258 e. The molecule has 2 aliphatic heterocycles. The molecule has 0 bridgehead atoms. The van der Waals surface area contributed by atoms with Crippen molar-refractivity contribution in [2.24, 2.45) is 0 Å². The van der Waals surface area contributed by atoms with Crippen molar-refractivity contribution >= 4 is 28.9 Å². The second-order valence-corrected chi connectivity index (χ2v) is 7.73. The normalized spacial score (nSPS) is 20.7. The summed E-state index contributed by atoms with van der Waals surface area (Å²) in [5.74, 6) is 0.361. The third-order valence-electron chi connectivity index (χ3n) is 6.13. The Balaban J connectivity index is 1.77. The van der Waals surface area contributed by atoms with Crippen LogP contribution in [-0.4, -0.2) is 22.3 Å². The van der Waals surface area contributed by atoms with Gasteiger partial charge in [-0.25, -0.2) is 0 Å². The third kappa shape index (κ3) is 1.84. The van der Waals surface area contributed by atoms with Crippen LogP contribution in [0.2, 0.25) is 0 Å². The van der Waals surface area contributed by atoms with Crippen molar-refractivity contribution in [3.8, 4) is 0 Å². The first-order valence-electron chi connectivity index (χ1n) is 9.42. The zero-order valence-electron chi connectivity index (χ0n) is 15.6. The molecule has 1 aromatic heterocycles. The largest absolute Gasteiger partial charge is 0.383 e. The summed E-state index contributed by atoms with van der Waals surface area (Å²) < 4.78 is 0. The number of Topliss-reactive ketones (excluding diaryl/α,β-unsaturated/α-hetero) is 1. The minimum atomic E-state index is -0.943. The zero-order chi connectivity index (χ0) is 19.9. The Labute approximate surface area is 165 Å². The van der Waals surface area contributed by atoms with Crippen LogP contribution in [0.15, 0.2) is 52.8 Å². The second-order valence-electron chi connectivity index (χ2n) is 7.73. The van der Waals surface area contributed by atoms with Crippen LogP contribution in [0.4, 0.5) is 17.5 Å². The number of nitrogens with two attached hydrogens (primary N) is 1. The zero-order valence-corrected chi connectivity index (χ0v) is 15.6. The van der Waals surface area contributed by atoms with E-state index >= 15 is 0 Å². The lowest BCUT2D eigenvalue weighted by molar-refractivity contribution is 0.102. The van der Waals surface area contributed by atoms with E-state index < -0.39 is 5.41 Å². The number of aromatic nitrogens is 2. The minimum Gasteiger partial charge on any atom is -0.383 e. The number of ketones is 1. The number of hydrogen-bond donors (Lipinski definition) is 4. The van der Waals surface area contributed by atoms with E-state index in [4.69, 9.17) is 5.73 Å². The number of nitrogens with zero attached hydrogens (tertiary/aromatic N) is 1. The second kappa shape index (κ2) is 5.14. The third-order valence-corrected chi connectivity index (χ3v) is 6.13. The van der Waals surface area contributed by atoms with Crippen molar-refractivity contribution < 1.29 is 4.79 Å². The number of benzene rings is 2. The van der Waals surface area contributed by atoms with Crippen LogP contribution >= 0.6 is 0 Å². The van der Waals surface area contributed by atoms with Crippen molar-refractivity contribution in [2.75, 3.05) is 22.9 Å².